The van der Waals surface area contributed by atoms with E-state index in [2.05, 4.69) is 20.8 Å². The van der Waals surface area contributed by atoms with Crippen molar-refractivity contribution in [3.63, 3.8) is 0 Å². The third kappa shape index (κ3) is 1.91. The van der Waals surface area contributed by atoms with Crippen LogP contribution in [0.1, 0.15) is 33.6 Å². The predicted octanol–water partition coefficient (Wildman–Crippen LogP) is 2.14. The van der Waals surface area contributed by atoms with Crippen LogP contribution in [0.25, 0.3) is 0 Å². The molecule has 0 radical (unpaired) electrons. The average Bonchev–Trinajstić information content (AvgIpc) is 2.20. The quantitative estimate of drug-likeness (QED) is 0.693. The molecule has 0 N–H and O–H groups in total. The zero-order valence-corrected chi connectivity index (χ0v) is 9.46. The van der Waals surface area contributed by atoms with Gasteiger partial charge in [0.05, 0.1) is 5.70 Å². The summed E-state index contributed by atoms with van der Waals surface area (Å²) in [4.78, 5) is 13.2. The molecule has 1 atom stereocenters. The Labute approximate surface area is 85.7 Å². The van der Waals surface area contributed by atoms with Crippen LogP contribution >= 0.6 is 0 Å². The molecule has 1 heterocycles. The molecular formula is C11H19NO2. The number of ether oxygens (including phenoxy) is 1. The van der Waals surface area contributed by atoms with Crippen LogP contribution in [-0.4, -0.2) is 24.5 Å². The summed E-state index contributed by atoms with van der Waals surface area (Å²) in [7, 11) is 1.84. The van der Waals surface area contributed by atoms with Gasteiger partial charge in [-0.1, -0.05) is 20.8 Å². The molecule has 0 spiro atoms. The monoisotopic (exact) mass is 197 g/mol. The Morgan fingerprint density at radius 2 is 2.14 bits per heavy atom. The first-order chi connectivity index (χ1) is 6.61. The lowest BCUT2D eigenvalue weighted by Gasteiger charge is -2.32. The standard InChI is InChI=1S/C11H19NO2/c1-5-8(3)11-9(6-2)14-7-10(13)12(11)4/h8H,5-7H2,1-4H3. The van der Waals surface area contributed by atoms with Crippen LogP contribution in [0.2, 0.25) is 0 Å². The van der Waals surface area contributed by atoms with Crippen molar-refractivity contribution in [2.75, 3.05) is 13.7 Å². The van der Waals surface area contributed by atoms with Crippen molar-refractivity contribution in [1.29, 1.82) is 0 Å². The lowest BCUT2D eigenvalue weighted by atomic mass is 10.0. The second kappa shape index (κ2) is 4.49. The molecule has 0 aliphatic carbocycles. The van der Waals surface area contributed by atoms with Gasteiger partial charge in [0.25, 0.3) is 5.91 Å². The van der Waals surface area contributed by atoms with E-state index in [1.54, 1.807) is 4.90 Å². The van der Waals surface area contributed by atoms with Gasteiger partial charge >= 0.3 is 0 Å². The summed E-state index contributed by atoms with van der Waals surface area (Å²) >= 11 is 0. The number of carbonyl (C=O) groups is 1. The van der Waals surface area contributed by atoms with Crippen LogP contribution in [0.3, 0.4) is 0 Å². The van der Waals surface area contributed by atoms with Crippen LogP contribution in [0.4, 0.5) is 0 Å². The normalized spacial score (nSPS) is 19.7. The summed E-state index contributed by atoms with van der Waals surface area (Å²) in [5.74, 6) is 1.41. The predicted molar refractivity (Wildman–Crippen MR) is 55.5 cm³/mol. The Kier molecular flexibility index (Phi) is 3.55. The van der Waals surface area contributed by atoms with Crippen LogP contribution in [-0.2, 0) is 9.53 Å². The Bertz CT molecular complexity index is 258. The molecule has 80 valence electrons. The molecular weight excluding hydrogens is 178 g/mol. The first kappa shape index (κ1) is 11.1. The summed E-state index contributed by atoms with van der Waals surface area (Å²) in [5.41, 5.74) is 1.06. The van der Waals surface area contributed by atoms with E-state index >= 15 is 0 Å². The van der Waals surface area contributed by atoms with Gasteiger partial charge < -0.3 is 9.64 Å². The zero-order chi connectivity index (χ0) is 10.7. The van der Waals surface area contributed by atoms with Crippen LogP contribution in [0, 0.1) is 5.92 Å². The first-order valence-electron chi connectivity index (χ1n) is 5.24. The molecule has 1 unspecified atom stereocenters. The van der Waals surface area contributed by atoms with Crippen LogP contribution in [0.5, 0.6) is 0 Å². The highest BCUT2D eigenvalue weighted by Gasteiger charge is 2.26. The summed E-state index contributed by atoms with van der Waals surface area (Å²) in [5, 5.41) is 0. The summed E-state index contributed by atoms with van der Waals surface area (Å²) in [6.07, 6.45) is 1.89. The van der Waals surface area contributed by atoms with Gasteiger partial charge in [-0.25, -0.2) is 0 Å². The molecule has 0 saturated carbocycles. The number of likely N-dealkylation sites (N-methyl/N-ethyl adjacent to an activating group) is 1. The maximum atomic E-state index is 11.5. The molecule has 0 aromatic rings. The highest BCUT2D eigenvalue weighted by molar-refractivity contribution is 5.80. The fourth-order valence-electron chi connectivity index (χ4n) is 1.72. The van der Waals surface area contributed by atoms with E-state index in [-0.39, 0.29) is 12.5 Å². The van der Waals surface area contributed by atoms with Gasteiger partial charge in [0.1, 0.15) is 5.76 Å². The molecule has 0 aromatic carbocycles. The first-order valence-corrected chi connectivity index (χ1v) is 5.24. The van der Waals surface area contributed by atoms with E-state index in [9.17, 15) is 4.79 Å². The molecule has 1 aliphatic rings. The Morgan fingerprint density at radius 3 is 2.64 bits per heavy atom. The van der Waals surface area contributed by atoms with Gasteiger partial charge in [-0.15, -0.1) is 0 Å². The highest BCUT2D eigenvalue weighted by atomic mass is 16.5. The minimum Gasteiger partial charge on any atom is -0.486 e. The van der Waals surface area contributed by atoms with E-state index in [1.807, 2.05) is 7.05 Å². The number of rotatable bonds is 3. The third-order valence-corrected chi connectivity index (χ3v) is 2.79. The van der Waals surface area contributed by atoms with Crippen molar-refractivity contribution in [1.82, 2.24) is 4.90 Å². The summed E-state index contributed by atoms with van der Waals surface area (Å²) < 4.78 is 5.43. The molecule has 1 amide bonds. The number of nitrogens with zero attached hydrogens (tertiary/aromatic N) is 1. The maximum Gasteiger partial charge on any atom is 0.264 e. The van der Waals surface area contributed by atoms with E-state index in [0.717, 1.165) is 24.3 Å². The fourth-order valence-corrected chi connectivity index (χ4v) is 1.72. The molecule has 3 nitrogen and oxygen atoms in total. The average molecular weight is 197 g/mol. The molecule has 3 heteroatoms. The van der Waals surface area contributed by atoms with Gasteiger partial charge in [0, 0.05) is 13.5 Å². The van der Waals surface area contributed by atoms with Crippen molar-refractivity contribution in [2.45, 2.75) is 33.6 Å². The molecule has 1 rings (SSSR count). The van der Waals surface area contributed by atoms with E-state index in [0.29, 0.717) is 5.92 Å². The van der Waals surface area contributed by atoms with Crippen molar-refractivity contribution < 1.29 is 9.53 Å². The molecule has 0 bridgehead atoms. The second-order valence-corrected chi connectivity index (χ2v) is 3.71. The van der Waals surface area contributed by atoms with Gasteiger partial charge in [-0.05, 0) is 12.3 Å². The lowest BCUT2D eigenvalue weighted by Crippen LogP contribution is -2.37. The Balaban J connectivity index is 3.00. The SMILES string of the molecule is CCC1=C(C(C)CC)N(C)C(=O)CO1. The molecule has 14 heavy (non-hydrogen) atoms. The number of carbonyl (C=O) groups excluding carboxylic acids is 1. The van der Waals surface area contributed by atoms with E-state index in [1.165, 1.54) is 0 Å². The topological polar surface area (TPSA) is 29.5 Å². The summed E-state index contributed by atoms with van der Waals surface area (Å²) in [6, 6.07) is 0. The minimum atomic E-state index is 0.0532. The Hall–Kier alpha value is -0.990. The Morgan fingerprint density at radius 1 is 1.50 bits per heavy atom. The van der Waals surface area contributed by atoms with Gasteiger partial charge in [-0.3, -0.25) is 4.79 Å². The van der Waals surface area contributed by atoms with Crippen LogP contribution < -0.4 is 0 Å². The number of hydrogen-bond acceptors (Lipinski definition) is 2. The van der Waals surface area contributed by atoms with E-state index < -0.39 is 0 Å². The largest absolute Gasteiger partial charge is 0.486 e. The zero-order valence-electron chi connectivity index (χ0n) is 9.46. The summed E-state index contributed by atoms with van der Waals surface area (Å²) in [6.45, 7) is 6.50. The van der Waals surface area contributed by atoms with Crippen molar-refractivity contribution in [2.24, 2.45) is 5.92 Å². The van der Waals surface area contributed by atoms with Crippen LogP contribution in [0.15, 0.2) is 11.5 Å². The smallest absolute Gasteiger partial charge is 0.264 e. The van der Waals surface area contributed by atoms with Gasteiger partial charge in [0.2, 0.25) is 0 Å². The van der Waals surface area contributed by atoms with Crippen molar-refractivity contribution >= 4 is 5.91 Å². The third-order valence-electron chi connectivity index (χ3n) is 2.79. The molecule has 1 aliphatic heterocycles. The highest BCUT2D eigenvalue weighted by Crippen LogP contribution is 2.27. The fraction of sp³-hybridized carbons (Fsp3) is 0.727. The minimum absolute atomic E-state index is 0.0532. The van der Waals surface area contributed by atoms with Crippen molar-refractivity contribution in [3.8, 4) is 0 Å². The maximum absolute atomic E-state index is 11.5. The molecule has 0 aromatic heterocycles. The number of hydrogen-bond donors (Lipinski definition) is 0. The lowest BCUT2D eigenvalue weighted by molar-refractivity contribution is -0.134. The molecule has 0 saturated heterocycles. The number of allylic oxidation sites excluding steroid dienone is 2. The van der Waals surface area contributed by atoms with Gasteiger partial charge in [0.15, 0.2) is 6.61 Å². The molecule has 0 fully saturated rings. The van der Waals surface area contributed by atoms with Gasteiger partial charge in [-0.2, -0.15) is 0 Å². The van der Waals surface area contributed by atoms with Crippen molar-refractivity contribution in [3.05, 3.63) is 11.5 Å². The van der Waals surface area contributed by atoms with E-state index in [4.69, 9.17) is 4.74 Å². The second-order valence-electron chi connectivity index (χ2n) is 3.71. The number of amides is 1.